The van der Waals surface area contributed by atoms with Crippen LogP contribution in [0, 0.1) is 48.1 Å². The summed E-state index contributed by atoms with van der Waals surface area (Å²) in [4.78, 5) is 40.5. The Kier molecular flexibility index (Phi) is 18.7. The first-order valence-corrected chi connectivity index (χ1v) is 7.20. The van der Waals surface area contributed by atoms with Crippen LogP contribution in [-0.4, -0.2) is 35.1 Å². The molecule has 0 atom stereocenters. The van der Waals surface area contributed by atoms with Crippen molar-refractivity contribution in [1.82, 2.24) is 0 Å². The highest BCUT2D eigenvalue weighted by Crippen LogP contribution is 1.92. The van der Waals surface area contributed by atoms with Gasteiger partial charge in [0.1, 0.15) is 0 Å². The third kappa shape index (κ3) is 42.7. The van der Waals surface area contributed by atoms with Gasteiger partial charge in [0.2, 0.25) is 0 Å². The maximum atomic E-state index is 9.49. The molecule has 144 valence electrons. The quantitative estimate of drug-likeness (QED) is 0.446. The van der Waals surface area contributed by atoms with Crippen molar-refractivity contribution in [3.63, 3.8) is 0 Å². The van der Waals surface area contributed by atoms with E-state index in [4.69, 9.17) is 0 Å². The summed E-state index contributed by atoms with van der Waals surface area (Å²) in [6.07, 6.45) is 0. The molecule has 0 unspecified atom stereocenters. The molecule has 24 heavy (non-hydrogen) atoms. The van der Waals surface area contributed by atoms with Crippen molar-refractivity contribution >= 4 is 0 Å². The molecule has 0 amide bonds. The first-order chi connectivity index (χ1) is 10.9. The van der Waals surface area contributed by atoms with Crippen LogP contribution in [0.3, 0.4) is 0 Å². The first-order valence-electron chi connectivity index (χ1n) is 7.20. The van der Waals surface area contributed by atoms with Crippen molar-refractivity contribution in [3.8, 4) is 0 Å². The van der Waals surface area contributed by atoms with E-state index in [0.717, 1.165) is 0 Å². The molecule has 0 aliphatic rings. The highest BCUT2D eigenvalue weighted by molar-refractivity contribution is 4.35. The molecule has 0 aromatic carbocycles. The highest BCUT2D eigenvalue weighted by atomic mass is 17.0. The van der Waals surface area contributed by atoms with Gasteiger partial charge in [0.25, 0.3) is 15.3 Å². The Bertz CT molecular complexity index is 296. The maximum Gasteiger partial charge on any atom is 0.294 e. The fourth-order valence-corrected chi connectivity index (χ4v) is 0.630. The number of hydrogen-bond acceptors (Lipinski definition) is 9. The van der Waals surface area contributed by atoms with Crippen LogP contribution in [0.5, 0.6) is 0 Å². The van der Waals surface area contributed by atoms with Crippen LogP contribution < -0.4 is 0 Å². The van der Waals surface area contributed by atoms with Gasteiger partial charge in [-0.15, -0.1) is 30.3 Å². The predicted molar refractivity (Wildman–Crippen MR) is 83.4 cm³/mol. The van der Waals surface area contributed by atoms with Crippen LogP contribution in [0.4, 0.5) is 0 Å². The molecular weight excluding hydrogens is 330 g/mol. The lowest BCUT2D eigenvalue weighted by Gasteiger charge is -1.99. The molecule has 0 N–H and O–H groups in total. The minimum Gasteiger partial charge on any atom is -0.314 e. The smallest absolute Gasteiger partial charge is 0.294 e. The fourth-order valence-electron chi connectivity index (χ4n) is 0.630. The van der Waals surface area contributed by atoms with Gasteiger partial charge in [-0.2, -0.15) is 0 Å². The van der Waals surface area contributed by atoms with Crippen molar-refractivity contribution in [3.05, 3.63) is 30.3 Å². The molecule has 0 aliphatic carbocycles. The summed E-state index contributed by atoms with van der Waals surface area (Å²) in [5, 5.41) is 26.1. The van der Waals surface area contributed by atoms with Crippen LogP contribution in [0.15, 0.2) is 0 Å². The summed E-state index contributed by atoms with van der Waals surface area (Å²) in [5.74, 6) is 0.668. The summed E-state index contributed by atoms with van der Waals surface area (Å²) in [7, 11) is 0. The van der Waals surface area contributed by atoms with Crippen molar-refractivity contribution in [1.29, 1.82) is 0 Å². The molecule has 0 bridgehead atoms. The Morgan fingerprint density at radius 2 is 0.750 bits per heavy atom. The van der Waals surface area contributed by atoms with Crippen LogP contribution in [0.1, 0.15) is 41.5 Å². The summed E-state index contributed by atoms with van der Waals surface area (Å²) in [5.41, 5.74) is 0. The Labute approximate surface area is 140 Å². The molecule has 12 heteroatoms. The second-order valence-corrected chi connectivity index (χ2v) is 5.74. The normalized spacial score (nSPS) is 9.38. The average molecular weight is 357 g/mol. The summed E-state index contributed by atoms with van der Waals surface area (Å²) < 4.78 is 0. The third-order valence-electron chi connectivity index (χ3n) is 1.54. The van der Waals surface area contributed by atoms with Gasteiger partial charge in [-0.1, -0.05) is 41.5 Å². The van der Waals surface area contributed by atoms with E-state index in [2.05, 4.69) is 14.5 Å². The average Bonchev–Trinajstić information content (AvgIpc) is 2.42. The van der Waals surface area contributed by atoms with E-state index in [1.54, 1.807) is 0 Å². The van der Waals surface area contributed by atoms with E-state index in [-0.39, 0.29) is 37.6 Å². The van der Waals surface area contributed by atoms with Gasteiger partial charge in [-0.05, 0) is 17.8 Å². The number of nitrogens with zero attached hydrogens (tertiary/aromatic N) is 3. The van der Waals surface area contributed by atoms with Gasteiger partial charge in [0.05, 0.1) is 19.8 Å². The molecule has 0 aromatic heterocycles. The topological polar surface area (TPSA) is 157 Å². The summed E-state index contributed by atoms with van der Waals surface area (Å²) >= 11 is 0. The van der Waals surface area contributed by atoms with E-state index >= 15 is 0 Å². The predicted octanol–water partition coefficient (Wildman–Crippen LogP) is 2.55. The van der Waals surface area contributed by atoms with Crippen LogP contribution in [-0.2, 0) is 14.5 Å². The monoisotopic (exact) mass is 357 g/mol. The molecule has 0 radical (unpaired) electrons. The molecule has 0 spiro atoms. The Morgan fingerprint density at radius 3 is 0.792 bits per heavy atom. The molecule has 0 heterocycles. The Hall–Kier alpha value is -2.40. The van der Waals surface area contributed by atoms with Crippen LogP contribution in [0.2, 0.25) is 0 Å². The zero-order chi connectivity index (χ0) is 19.7. The van der Waals surface area contributed by atoms with Gasteiger partial charge in [-0.3, -0.25) is 0 Å². The Balaban J connectivity index is -0.000000276. The van der Waals surface area contributed by atoms with E-state index in [0.29, 0.717) is 0 Å². The molecular formula is C12H27N3O9. The molecule has 0 saturated heterocycles. The van der Waals surface area contributed by atoms with E-state index in [1.165, 1.54) is 0 Å². The zero-order valence-electron chi connectivity index (χ0n) is 14.9. The molecule has 12 nitrogen and oxygen atoms in total. The first kappa shape index (κ1) is 26.5. The second kappa shape index (κ2) is 17.0. The maximum absolute atomic E-state index is 9.49. The van der Waals surface area contributed by atoms with E-state index in [9.17, 15) is 30.3 Å². The largest absolute Gasteiger partial charge is 0.314 e. The van der Waals surface area contributed by atoms with Crippen molar-refractivity contribution < 1.29 is 29.8 Å². The van der Waals surface area contributed by atoms with Crippen molar-refractivity contribution in [2.45, 2.75) is 41.5 Å². The molecule has 0 fully saturated rings. The van der Waals surface area contributed by atoms with E-state index in [1.807, 2.05) is 41.5 Å². The summed E-state index contributed by atoms with van der Waals surface area (Å²) in [6, 6.07) is 0. The lowest BCUT2D eigenvalue weighted by atomic mass is 10.2. The van der Waals surface area contributed by atoms with Crippen LogP contribution in [0.25, 0.3) is 0 Å². The molecule has 0 aliphatic heterocycles. The fraction of sp³-hybridized carbons (Fsp3) is 1.00. The van der Waals surface area contributed by atoms with Crippen molar-refractivity contribution in [2.24, 2.45) is 17.8 Å². The molecule has 0 rings (SSSR count). The van der Waals surface area contributed by atoms with Gasteiger partial charge in [-0.25, -0.2) is 0 Å². The van der Waals surface area contributed by atoms with Crippen LogP contribution >= 0.6 is 0 Å². The zero-order valence-corrected chi connectivity index (χ0v) is 14.9. The van der Waals surface area contributed by atoms with Gasteiger partial charge in [0.15, 0.2) is 0 Å². The summed E-state index contributed by atoms with van der Waals surface area (Å²) in [6.45, 7) is 11.7. The highest BCUT2D eigenvalue weighted by Gasteiger charge is 1.97. The minimum atomic E-state index is -0.778. The SMILES string of the molecule is CC(C)CO[N+](=O)[O-].CC(C)CO[N+](=O)[O-].CC(C)CO[N+](=O)[O-]. The standard InChI is InChI=1S/3C4H9NO3/c3*1-4(2)3-8-5(6)7/h3*4H,3H2,1-2H3. The molecule has 0 saturated carbocycles. The lowest BCUT2D eigenvalue weighted by molar-refractivity contribution is -0.759. The third-order valence-corrected chi connectivity index (χ3v) is 1.54. The Morgan fingerprint density at radius 1 is 0.583 bits per heavy atom. The van der Waals surface area contributed by atoms with Crippen molar-refractivity contribution in [2.75, 3.05) is 19.8 Å². The van der Waals surface area contributed by atoms with Gasteiger partial charge < -0.3 is 14.5 Å². The lowest BCUT2D eigenvalue weighted by Crippen LogP contribution is -2.06. The minimum absolute atomic E-state index is 0.188. The van der Waals surface area contributed by atoms with Gasteiger partial charge in [0, 0.05) is 0 Å². The number of hydrogen-bond donors (Lipinski definition) is 0. The van der Waals surface area contributed by atoms with Gasteiger partial charge >= 0.3 is 0 Å². The number of rotatable bonds is 9. The molecule has 0 aromatic rings. The second-order valence-electron chi connectivity index (χ2n) is 5.74. The van der Waals surface area contributed by atoms with E-state index < -0.39 is 15.3 Å².